The van der Waals surface area contributed by atoms with E-state index in [-0.39, 0.29) is 18.6 Å². The van der Waals surface area contributed by atoms with Gasteiger partial charge in [-0.2, -0.15) is 0 Å². The number of aliphatic hydroxyl groups is 1. The van der Waals surface area contributed by atoms with Crippen LogP contribution in [0.2, 0.25) is 5.02 Å². The van der Waals surface area contributed by atoms with E-state index in [0.717, 1.165) is 29.3 Å². The highest BCUT2D eigenvalue weighted by atomic mass is 35.5. The first-order valence-electron chi connectivity index (χ1n) is 6.81. The fourth-order valence-electron chi connectivity index (χ4n) is 2.74. The first kappa shape index (κ1) is 13.9. The van der Waals surface area contributed by atoms with Crippen LogP contribution in [0, 0.1) is 0 Å². The smallest absolute Gasteiger partial charge is 0.265 e. The molecule has 2 heterocycles. The molecule has 1 amide bonds. The van der Waals surface area contributed by atoms with E-state index in [0.29, 0.717) is 16.4 Å². The Morgan fingerprint density at radius 3 is 2.95 bits per heavy atom. The minimum absolute atomic E-state index is 0.0221. The summed E-state index contributed by atoms with van der Waals surface area (Å²) in [6.45, 7) is 0.725. The van der Waals surface area contributed by atoms with Crippen molar-refractivity contribution in [3.8, 4) is 0 Å². The van der Waals surface area contributed by atoms with E-state index in [9.17, 15) is 9.90 Å². The molecule has 1 aliphatic heterocycles. The third-order valence-corrected chi connectivity index (χ3v) is 5.49. The van der Waals surface area contributed by atoms with Crippen molar-refractivity contribution in [2.24, 2.45) is 0 Å². The van der Waals surface area contributed by atoms with Crippen molar-refractivity contribution < 1.29 is 9.90 Å². The van der Waals surface area contributed by atoms with E-state index in [4.69, 9.17) is 11.6 Å². The number of benzene rings is 1. The molecule has 1 aromatic heterocycles. The average Bonchev–Trinajstić information content (AvgIpc) is 2.84. The fraction of sp³-hybridized carbons (Fsp3) is 0.400. The van der Waals surface area contributed by atoms with E-state index in [1.54, 1.807) is 4.90 Å². The number of hydrogen-bond donors (Lipinski definition) is 1. The van der Waals surface area contributed by atoms with Crippen molar-refractivity contribution in [1.29, 1.82) is 0 Å². The molecule has 1 unspecified atom stereocenters. The number of piperidine rings is 1. The molecule has 1 aliphatic rings. The number of rotatable bonds is 2. The molecule has 3 nitrogen and oxygen atoms in total. The minimum Gasteiger partial charge on any atom is -0.394 e. The maximum atomic E-state index is 12.7. The topological polar surface area (TPSA) is 40.5 Å². The molecule has 0 aliphatic carbocycles. The maximum Gasteiger partial charge on any atom is 0.265 e. The van der Waals surface area contributed by atoms with E-state index in [1.165, 1.54) is 11.3 Å². The van der Waals surface area contributed by atoms with Gasteiger partial charge < -0.3 is 10.0 Å². The minimum atomic E-state index is -0.0717. The Labute approximate surface area is 126 Å². The Morgan fingerprint density at radius 1 is 1.40 bits per heavy atom. The first-order chi connectivity index (χ1) is 9.72. The van der Waals surface area contributed by atoms with Crippen LogP contribution < -0.4 is 0 Å². The zero-order valence-corrected chi connectivity index (χ0v) is 12.6. The van der Waals surface area contributed by atoms with Crippen molar-refractivity contribution in [3.05, 3.63) is 34.2 Å². The molecule has 5 heteroatoms. The van der Waals surface area contributed by atoms with Gasteiger partial charge in [-0.05, 0) is 25.3 Å². The van der Waals surface area contributed by atoms with Crippen molar-refractivity contribution in [1.82, 2.24) is 4.90 Å². The van der Waals surface area contributed by atoms with Crippen LogP contribution in [0.3, 0.4) is 0 Å². The van der Waals surface area contributed by atoms with E-state index in [1.807, 2.05) is 24.3 Å². The van der Waals surface area contributed by atoms with E-state index < -0.39 is 0 Å². The molecule has 3 rings (SSSR count). The lowest BCUT2D eigenvalue weighted by molar-refractivity contribution is 0.0508. The number of likely N-dealkylation sites (tertiary alicyclic amines) is 1. The number of nitrogens with zero attached hydrogens (tertiary/aromatic N) is 1. The predicted octanol–water partition coefficient (Wildman–Crippen LogP) is 3.54. The summed E-state index contributed by atoms with van der Waals surface area (Å²) in [5, 5.41) is 10.9. The lowest BCUT2D eigenvalue weighted by Gasteiger charge is -2.34. The average molecular weight is 310 g/mol. The van der Waals surface area contributed by atoms with Crippen molar-refractivity contribution in [2.75, 3.05) is 13.2 Å². The Balaban J connectivity index is 1.97. The van der Waals surface area contributed by atoms with Gasteiger partial charge in [0, 0.05) is 16.6 Å². The van der Waals surface area contributed by atoms with Crippen LogP contribution in [0.5, 0.6) is 0 Å². The molecule has 1 N–H and O–H groups in total. The Hall–Kier alpha value is -1.10. The van der Waals surface area contributed by atoms with Gasteiger partial charge in [0.1, 0.15) is 4.88 Å². The molecule has 0 bridgehead atoms. The number of carbonyl (C=O) groups is 1. The van der Waals surface area contributed by atoms with Crippen LogP contribution in [0.25, 0.3) is 10.1 Å². The van der Waals surface area contributed by atoms with Crippen molar-refractivity contribution >= 4 is 38.9 Å². The monoisotopic (exact) mass is 309 g/mol. The highest BCUT2D eigenvalue weighted by Gasteiger charge is 2.29. The van der Waals surface area contributed by atoms with Crippen LogP contribution in [0.15, 0.2) is 24.3 Å². The largest absolute Gasteiger partial charge is 0.394 e. The summed E-state index contributed by atoms with van der Waals surface area (Å²) in [7, 11) is 0. The molecule has 1 aromatic carbocycles. The number of amides is 1. The molecule has 0 spiro atoms. The summed E-state index contributed by atoms with van der Waals surface area (Å²) < 4.78 is 1.03. The van der Waals surface area contributed by atoms with Gasteiger partial charge in [-0.15, -0.1) is 11.3 Å². The molecule has 1 saturated heterocycles. The zero-order chi connectivity index (χ0) is 14.1. The second kappa shape index (κ2) is 5.72. The molecule has 2 aromatic rings. The number of halogens is 1. The van der Waals surface area contributed by atoms with Gasteiger partial charge in [-0.1, -0.05) is 29.8 Å². The molecule has 0 radical (unpaired) electrons. The van der Waals surface area contributed by atoms with Gasteiger partial charge in [0.2, 0.25) is 0 Å². The molecule has 1 atom stereocenters. The number of aliphatic hydroxyl groups excluding tert-OH is 1. The van der Waals surface area contributed by atoms with Gasteiger partial charge >= 0.3 is 0 Å². The second-order valence-corrected chi connectivity index (χ2v) is 6.50. The van der Waals surface area contributed by atoms with Crippen molar-refractivity contribution in [2.45, 2.75) is 25.3 Å². The standard InChI is InChI=1S/C15H16ClNO2S/c16-13-11-6-1-2-7-12(11)20-14(13)15(19)17-8-4-3-5-10(17)9-18/h1-2,6-7,10,18H,3-5,8-9H2. The first-order valence-corrected chi connectivity index (χ1v) is 8.00. The van der Waals surface area contributed by atoms with Crippen molar-refractivity contribution in [3.63, 3.8) is 0 Å². The van der Waals surface area contributed by atoms with Gasteiger partial charge in [0.05, 0.1) is 17.7 Å². The van der Waals surface area contributed by atoms with Crippen LogP contribution in [-0.4, -0.2) is 35.1 Å². The van der Waals surface area contributed by atoms with Gasteiger partial charge in [0.15, 0.2) is 0 Å². The van der Waals surface area contributed by atoms with Gasteiger partial charge in [0.25, 0.3) is 5.91 Å². The molecular formula is C15H16ClNO2S. The summed E-state index contributed by atoms with van der Waals surface area (Å²) in [4.78, 5) is 15.1. The molecule has 20 heavy (non-hydrogen) atoms. The third kappa shape index (κ3) is 2.32. The predicted molar refractivity (Wildman–Crippen MR) is 82.6 cm³/mol. The molecule has 1 fully saturated rings. The number of carbonyl (C=O) groups excluding carboxylic acids is 1. The quantitative estimate of drug-likeness (QED) is 0.921. The second-order valence-electron chi connectivity index (χ2n) is 5.07. The summed E-state index contributed by atoms with van der Waals surface area (Å²) >= 11 is 7.80. The van der Waals surface area contributed by atoms with Gasteiger partial charge in [-0.25, -0.2) is 0 Å². The normalized spacial score (nSPS) is 19.5. The molecule has 0 saturated carbocycles. The molecular weight excluding hydrogens is 294 g/mol. The summed E-state index contributed by atoms with van der Waals surface area (Å²) in [5.74, 6) is -0.0463. The summed E-state index contributed by atoms with van der Waals surface area (Å²) in [6.07, 6.45) is 2.92. The number of hydrogen-bond acceptors (Lipinski definition) is 3. The van der Waals surface area contributed by atoms with Crippen LogP contribution in [-0.2, 0) is 0 Å². The highest BCUT2D eigenvalue weighted by molar-refractivity contribution is 7.21. The molecule has 106 valence electrons. The Kier molecular flexibility index (Phi) is 3.96. The lowest BCUT2D eigenvalue weighted by atomic mass is 10.0. The lowest BCUT2D eigenvalue weighted by Crippen LogP contribution is -2.45. The summed E-state index contributed by atoms with van der Waals surface area (Å²) in [6, 6.07) is 7.71. The third-order valence-electron chi connectivity index (χ3n) is 3.83. The Bertz CT molecular complexity index is 640. The number of fused-ring (bicyclic) bond motifs is 1. The summed E-state index contributed by atoms with van der Waals surface area (Å²) in [5.41, 5.74) is 0. The zero-order valence-electron chi connectivity index (χ0n) is 11.0. The SMILES string of the molecule is O=C(c1sc2ccccc2c1Cl)N1CCCCC1CO. The van der Waals surface area contributed by atoms with Crippen LogP contribution >= 0.6 is 22.9 Å². The van der Waals surface area contributed by atoms with Crippen LogP contribution in [0.1, 0.15) is 28.9 Å². The number of thiophene rings is 1. The maximum absolute atomic E-state index is 12.7. The highest BCUT2D eigenvalue weighted by Crippen LogP contribution is 2.36. The van der Waals surface area contributed by atoms with E-state index >= 15 is 0 Å². The van der Waals surface area contributed by atoms with E-state index in [2.05, 4.69) is 0 Å². The van der Waals surface area contributed by atoms with Gasteiger partial charge in [-0.3, -0.25) is 4.79 Å². The Morgan fingerprint density at radius 2 is 2.20 bits per heavy atom. The van der Waals surface area contributed by atoms with Crippen LogP contribution in [0.4, 0.5) is 0 Å². The fourth-order valence-corrected chi connectivity index (χ4v) is 4.21.